The van der Waals surface area contributed by atoms with Gasteiger partial charge < -0.3 is 10.2 Å². The number of benzene rings is 1. The molecule has 23 heavy (non-hydrogen) atoms. The van der Waals surface area contributed by atoms with E-state index in [-0.39, 0.29) is 0 Å². The van der Waals surface area contributed by atoms with Gasteiger partial charge in [0.1, 0.15) is 11.6 Å². The van der Waals surface area contributed by atoms with Crippen LogP contribution < -0.4 is 10.2 Å². The van der Waals surface area contributed by atoms with Crippen LogP contribution in [0.3, 0.4) is 0 Å². The highest BCUT2D eigenvalue weighted by molar-refractivity contribution is 5.61. The predicted molar refractivity (Wildman–Crippen MR) is 99.0 cm³/mol. The summed E-state index contributed by atoms with van der Waals surface area (Å²) in [4.78, 5) is 11.7. The van der Waals surface area contributed by atoms with Gasteiger partial charge in [0, 0.05) is 31.3 Å². The molecule has 0 unspecified atom stereocenters. The molecule has 0 bridgehead atoms. The van der Waals surface area contributed by atoms with Crippen molar-refractivity contribution in [3.8, 4) is 11.4 Å². The maximum atomic E-state index is 4.76. The summed E-state index contributed by atoms with van der Waals surface area (Å²) in [6, 6.07) is 12.2. The average Bonchev–Trinajstić information content (AvgIpc) is 2.56. The highest BCUT2D eigenvalue weighted by Crippen LogP contribution is 2.22. The molecule has 0 aliphatic rings. The van der Waals surface area contributed by atoms with Crippen LogP contribution in [0.1, 0.15) is 34.1 Å². The molecule has 1 aromatic carbocycles. The lowest BCUT2D eigenvalue weighted by atomic mass is 10.1. The number of nitrogens with one attached hydrogen (secondary N) is 1. The van der Waals surface area contributed by atoms with Gasteiger partial charge in [-0.25, -0.2) is 9.97 Å². The fraction of sp³-hybridized carbons (Fsp3) is 0.474. The van der Waals surface area contributed by atoms with E-state index in [4.69, 9.17) is 9.97 Å². The van der Waals surface area contributed by atoms with Crippen LogP contribution in [0, 0.1) is 5.92 Å². The molecule has 0 atom stereocenters. The van der Waals surface area contributed by atoms with Crippen molar-refractivity contribution in [2.45, 2.75) is 34.1 Å². The molecule has 0 amide bonds. The molecule has 2 rings (SSSR count). The van der Waals surface area contributed by atoms with Crippen LogP contribution in [0.15, 0.2) is 36.4 Å². The minimum absolute atomic E-state index is 0.681. The van der Waals surface area contributed by atoms with E-state index in [1.54, 1.807) is 0 Å². The molecule has 0 saturated carbocycles. The van der Waals surface area contributed by atoms with Crippen LogP contribution in [0.4, 0.5) is 11.6 Å². The summed E-state index contributed by atoms with van der Waals surface area (Å²) in [7, 11) is 0. The largest absolute Gasteiger partial charge is 0.370 e. The number of aromatic nitrogens is 2. The smallest absolute Gasteiger partial charge is 0.163 e. The first kappa shape index (κ1) is 17.3. The Labute approximate surface area is 140 Å². The van der Waals surface area contributed by atoms with Crippen molar-refractivity contribution in [1.82, 2.24) is 9.97 Å². The van der Waals surface area contributed by atoms with Crippen LogP contribution in [0.5, 0.6) is 0 Å². The van der Waals surface area contributed by atoms with Gasteiger partial charge in [-0.3, -0.25) is 0 Å². The Kier molecular flexibility index (Phi) is 6.39. The Morgan fingerprint density at radius 1 is 1.04 bits per heavy atom. The molecule has 1 heterocycles. The number of nitrogens with zero attached hydrogens (tertiary/aromatic N) is 3. The second kappa shape index (κ2) is 8.51. The fourth-order valence-corrected chi connectivity index (χ4v) is 2.44. The first-order chi connectivity index (χ1) is 11.1. The Bertz CT molecular complexity index is 592. The van der Waals surface area contributed by atoms with Crippen LogP contribution in [0.25, 0.3) is 11.4 Å². The molecule has 1 aromatic heterocycles. The second-order valence-electron chi connectivity index (χ2n) is 6.08. The predicted octanol–water partition coefficient (Wildman–Crippen LogP) is 4.45. The SMILES string of the molecule is CCN(CC)c1cc(NCCC(C)C)nc(-c2ccccc2)n1. The molecule has 0 spiro atoms. The third-order valence-electron chi connectivity index (χ3n) is 3.86. The molecule has 0 radical (unpaired) electrons. The summed E-state index contributed by atoms with van der Waals surface area (Å²) in [5.41, 5.74) is 1.05. The number of rotatable bonds is 8. The van der Waals surface area contributed by atoms with Crippen LogP contribution in [-0.2, 0) is 0 Å². The Morgan fingerprint density at radius 3 is 2.35 bits per heavy atom. The molecule has 2 aromatic rings. The lowest BCUT2D eigenvalue weighted by Crippen LogP contribution is -2.23. The van der Waals surface area contributed by atoms with Crippen molar-refractivity contribution in [2.75, 3.05) is 29.9 Å². The van der Waals surface area contributed by atoms with Crippen molar-refractivity contribution in [3.05, 3.63) is 36.4 Å². The topological polar surface area (TPSA) is 41.0 Å². The first-order valence-corrected chi connectivity index (χ1v) is 8.57. The Balaban J connectivity index is 2.31. The van der Waals surface area contributed by atoms with E-state index in [2.05, 4.69) is 56.1 Å². The molecule has 1 N–H and O–H groups in total. The molecule has 4 nitrogen and oxygen atoms in total. The normalized spacial score (nSPS) is 10.8. The van der Waals surface area contributed by atoms with E-state index in [9.17, 15) is 0 Å². The number of hydrogen-bond donors (Lipinski definition) is 1. The molecule has 124 valence electrons. The van der Waals surface area contributed by atoms with E-state index < -0.39 is 0 Å². The average molecular weight is 312 g/mol. The first-order valence-electron chi connectivity index (χ1n) is 8.57. The zero-order valence-electron chi connectivity index (χ0n) is 14.7. The highest BCUT2D eigenvalue weighted by Gasteiger charge is 2.10. The maximum Gasteiger partial charge on any atom is 0.163 e. The number of anilines is 2. The summed E-state index contributed by atoms with van der Waals surface area (Å²) in [6.45, 7) is 11.6. The van der Waals surface area contributed by atoms with Crippen molar-refractivity contribution in [1.29, 1.82) is 0 Å². The van der Waals surface area contributed by atoms with E-state index in [0.717, 1.165) is 49.1 Å². The maximum absolute atomic E-state index is 4.76. The number of hydrogen-bond acceptors (Lipinski definition) is 4. The molecule has 4 heteroatoms. The highest BCUT2D eigenvalue weighted by atomic mass is 15.2. The van der Waals surface area contributed by atoms with Crippen molar-refractivity contribution >= 4 is 11.6 Å². The third-order valence-corrected chi connectivity index (χ3v) is 3.86. The van der Waals surface area contributed by atoms with Gasteiger partial charge >= 0.3 is 0 Å². The second-order valence-corrected chi connectivity index (χ2v) is 6.08. The summed E-state index contributed by atoms with van der Waals surface area (Å²) in [5.74, 6) is 3.35. The lowest BCUT2D eigenvalue weighted by molar-refractivity contribution is 0.606. The molecular weight excluding hydrogens is 284 g/mol. The zero-order chi connectivity index (χ0) is 16.7. The van der Waals surface area contributed by atoms with E-state index in [0.29, 0.717) is 5.92 Å². The summed E-state index contributed by atoms with van der Waals surface area (Å²) in [5, 5.41) is 3.45. The Hall–Kier alpha value is -2.10. The fourth-order valence-electron chi connectivity index (χ4n) is 2.44. The van der Waals surface area contributed by atoms with Gasteiger partial charge in [-0.15, -0.1) is 0 Å². The minimum Gasteiger partial charge on any atom is -0.370 e. The quantitative estimate of drug-likeness (QED) is 0.782. The minimum atomic E-state index is 0.681. The van der Waals surface area contributed by atoms with Gasteiger partial charge in [0.05, 0.1) is 0 Å². The molecule has 0 fully saturated rings. The van der Waals surface area contributed by atoms with E-state index in [1.165, 1.54) is 0 Å². The monoisotopic (exact) mass is 312 g/mol. The molecule has 0 saturated heterocycles. The van der Waals surface area contributed by atoms with Gasteiger partial charge in [-0.2, -0.15) is 0 Å². The van der Waals surface area contributed by atoms with E-state index in [1.807, 2.05) is 18.2 Å². The summed E-state index contributed by atoms with van der Waals surface area (Å²) in [6.07, 6.45) is 1.13. The van der Waals surface area contributed by atoms with E-state index >= 15 is 0 Å². The lowest BCUT2D eigenvalue weighted by Gasteiger charge is -2.21. The molecule has 0 aliphatic heterocycles. The van der Waals surface area contributed by atoms with Crippen LogP contribution in [-0.4, -0.2) is 29.6 Å². The van der Waals surface area contributed by atoms with Crippen molar-refractivity contribution in [3.63, 3.8) is 0 Å². The summed E-state index contributed by atoms with van der Waals surface area (Å²) >= 11 is 0. The van der Waals surface area contributed by atoms with Crippen LogP contribution >= 0.6 is 0 Å². The van der Waals surface area contributed by atoms with Gasteiger partial charge in [-0.1, -0.05) is 44.2 Å². The standard InChI is InChI=1S/C19H28N4/c1-5-23(6-2)18-14-17(20-13-12-15(3)4)21-19(22-18)16-10-8-7-9-11-16/h7-11,14-15H,5-6,12-13H2,1-4H3,(H,20,21,22). The van der Waals surface area contributed by atoms with Crippen molar-refractivity contribution in [2.24, 2.45) is 5.92 Å². The molecule has 0 aliphatic carbocycles. The summed E-state index contributed by atoms with van der Waals surface area (Å²) < 4.78 is 0. The Morgan fingerprint density at radius 2 is 1.74 bits per heavy atom. The zero-order valence-corrected chi connectivity index (χ0v) is 14.7. The van der Waals surface area contributed by atoms with Crippen LogP contribution in [0.2, 0.25) is 0 Å². The van der Waals surface area contributed by atoms with Gasteiger partial charge in [0.25, 0.3) is 0 Å². The van der Waals surface area contributed by atoms with Gasteiger partial charge in [-0.05, 0) is 26.2 Å². The van der Waals surface area contributed by atoms with Crippen molar-refractivity contribution < 1.29 is 0 Å². The van der Waals surface area contributed by atoms with Gasteiger partial charge in [0.2, 0.25) is 0 Å². The molecular formula is C19H28N4. The third kappa shape index (κ3) is 4.95. The van der Waals surface area contributed by atoms with Gasteiger partial charge in [0.15, 0.2) is 5.82 Å².